The van der Waals surface area contributed by atoms with Crippen LogP contribution in [-0.4, -0.2) is 26.4 Å². The maximum atomic E-state index is 12.5. The molecule has 0 spiro atoms. The molecular weight excluding hydrogens is 350 g/mol. The zero-order chi connectivity index (χ0) is 17.9. The topological polar surface area (TPSA) is 111 Å². The number of carbonyl (C=O) groups is 1. The Hall–Kier alpha value is -1.97. The summed E-state index contributed by atoms with van der Waals surface area (Å²) in [7, 11) is -2.45. The summed E-state index contributed by atoms with van der Waals surface area (Å²) in [5.74, 6) is -0.0241. The second kappa shape index (κ2) is 7.29. The Labute approximate surface area is 144 Å². The largest absolute Gasteiger partial charge is 0.495 e. The minimum atomic E-state index is -3.88. The summed E-state index contributed by atoms with van der Waals surface area (Å²) in [5.41, 5.74) is 0.876. The second-order valence-corrected chi connectivity index (χ2v) is 7.78. The number of carbonyl (C=O) groups excluding carboxylic acids is 1. The highest BCUT2D eigenvalue weighted by molar-refractivity contribution is 7.89. The van der Waals surface area contributed by atoms with E-state index >= 15 is 0 Å². The first-order valence-electron chi connectivity index (χ1n) is 7.24. The van der Waals surface area contributed by atoms with Gasteiger partial charge in [0.05, 0.1) is 28.4 Å². The van der Waals surface area contributed by atoms with Gasteiger partial charge in [0, 0.05) is 0 Å². The summed E-state index contributed by atoms with van der Waals surface area (Å²) in [6, 6.07) is 4.04. The van der Waals surface area contributed by atoms with E-state index in [-0.39, 0.29) is 16.5 Å². The van der Waals surface area contributed by atoms with E-state index in [1.54, 1.807) is 6.92 Å². The van der Waals surface area contributed by atoms with Crippen molar-refractivity contribution in [3.8, 4) is 5.75 Å². The van der Waals surface area contributed by atoms with E-state index in [0.717, 1.165) is 17.8 Å². The lowest BCUT2D eigenvalue weighted by atomic mass is 10.2. The number of sulfonamides is 1. The Kier molecular flexibility index (Phi) is 5.58. The first-order chi connectivity index (χ1) is 11.3. The van der Waals surface area contributed by atoms with Crippen molar-refractivity contribution in [2.24, 2.45) is 5.14 Å². The quantitative estimate of drug-likeness (QED) is 0.811. The average molecular weight is 369 g/mol. The summed E-state index contributed by atoms with van der Waals surface area (Å²) in [6.07, 6.45) is 1.75. The Morgan fingerprint density at radius 2 is 2.12 bits per heavy atom. The number of aryl methyl sites for hydroxylation is 2. The van der Waals surface area contributed by atoms with Crippen LogP contribution in [-0.2, 0) is 16.4 Å². The Bertz CT molecular complexity index is 860. The smallest absolute Gasteiger partial charge is 0.267 e. The highest BCUT2D eigenvalue weighted by atomic mass is 32.2. The number of amides is 1. The molecule has 1 aromatic heterocycles. The number of nitrogens with one attached hydrogen (secondary N) is 1. The Balaban J connectivity index is 2.34. The molecule has 0 atom stereocenters. The molecule has 3 N–H and O–H groups in total. The minimum absolute atomic E-state index is 0.105. The zero-order valence-electron chi connectivity index (χ0n) is 13.6. The summed E-state index contributed by atoms with van der Waals surface area (Å²) >= 11 is 1.33. The molecule has 2 rings (SSSR count). The third-order valence-electron chi connectivity index (χ3n) is 3.26. The standard InChI is InChI=1S/C15H19N3O4S2/c1-4-5-13-17-9(2)14(23-13)15(19)18-11-8-10(24(16,20)21)6-7-12(11)22-3/h6-8H,4-5H2,1-3H3,(H,18,19)(H2,16,20,21). The van der Waals surface area contributed by atoms with E-state index in [9.17, 15) is 13.2 Å². The van der Waals surface area contributed by atoms with Gasteiger partial charge in [-0.2, -0.15) is 0 Å². The van der Waals surface area contributed by atoms with Crippen molar-refractivity contribution in [1.29, 1.82) is 0 Å². The van der Waals surface area contributed by atoms with Crippen LogP contribution in [0.15, 0.2) is 23.1 Å². The van der Waals surface area contributed by atoms with Crippen molar-refractivity contribution in [2.75, 3.05) is 12.4 Å². The van der Waals surface area contributed by atoms with E-state index < -0.39 is 10.0 Å². The van der Waals surface area contributed by atoms with Crippen molar-refractivity contribution in [3.63, 3.8) is 0 Å². The first-order valence-corrected chi connectivity index (χ1v) is 9.61. The van der Waals surface area contributed by atoms with Crippen molar-refractivity contribution in [1.82, 2.24) is 4.98 Å². The van der Waals surface area contributed by atoms with Crippen LogP contribution in [0.25, 0.3) is 0 Å². The number of ether oxygens (including phenoxy) is 1. The lowest BCUT2D eigenvalue weighted by Gasteiger charge is -2.11. The SMILES string of the molecule is CCCc1nc(C)c(C(=O)Nc2cc(S(N)(=O)=O)ccc2OC)s1. The molecule has 2 aromatic rings. The molecule has 0 fully saturated rings. The van der Waals surface area contributed by atoms with E-state index in [1.807, 2.05) is 6.92 Å². The lowest BCUT2D eigenvalue weighted by Crippen LogP contribution is -2.15. The van der Waals surface area contributed by atoms with Gasteiger partial charge in [-0.3, -0.25) is 4.79 Å². The highest BCUT2D eigenvalue weighted by Gasteiger charge is 2.18. The van der Waals surface area contributed by atoms with E-state index in [1.165, 1.54) is 36.6 Å². The maximum absolute atomic E-state index is 12.5. The molecule has 9 heteroatoms. The number of thiazole rings is 1. The van der Waals surface area contributed by atoms with Gasteiger partial charge in [-0.25, -0.2) is 18.5 Å². The van der Waals surface area contributed by atoms with Gasteiger partial charge in [0.15, 0.2) is 0 Å². The summed E-state index contributed by atoms with van der Waals surface area (Å²) < 4.78 is 28.1. The molecule has 130 valence electrons. The molecule has 0 aliphatic rings. The predicted octanol–water partition coefficient (Wildman–Crippen LogP) is 2.31. The van der Waals surface area contributed by atoms with Crippen LogP contribution >= 0.6 is 11.3 Å². The maximum Gasteiger partial charge on any atom is 0.267 e. The number of methoxy groups -OCH3 is 1. The van der Waals surface area contributed by atoms with Crippen LogP contribution in [0.3, 0.4) is 0 Å². The number of rotatable bonds is 6. The number of hydrogen-bond acceptors (Lipinski definition) is 6. The summed E-state index contributed by atoms with van der Waals surface area (Å²) in [5, 5.41) is 8.70. The van der Waals surface area contributed by atoms with Gasteiger partial charge in [0.1, 0.15) is 10.6 Å². The van der Waals surface area contributed by atoms with Gasteiger partial charge < -0.3 is 10.1 Å². The fourth-order valence-electron chi connectivity index (χ4n) is 2.12. The third-order valence-corrected chi connectivity index (χ3v) is 5.39. The number of nitrogens with two attached hydrogens (primary N) is 1. The molecule has 0 radical (unpaired) electrons. The van der Waals surface area contributed by atoms with Crippen LogP contribution in [0.5, 0.6) is 5.75 Å². The third kappa shape index (κ3) is 4.11. The first kappa shape index (κ1) is 18.4. The van der Waals surface area contributed by atoms with Crippen molar-refractivity contribution in [3.05, 3.63) is 33.8 Å². The Morgan fingerprint density at radius 1 is 1.42 bits per heavy atom. The van der Waals surface area contributed by atoms with Crippen molar-refractivity contribution >= 4 is 33.0 Å². The number of aromatic nitrogens is 1. The van der Waals surface area contributed by atoms with Gasteiger partial charge in [0.2, 0.25) is 10.0 Å². The number of hydrogen-bond donors (Lipinski definition) is 2. The molecule has 0 aliphatic carbocycles. The van der Waals surface area contributed by atoms with Crippen molar-refractivity contribution in [2.45, 2.75) is 31.6 Å². The van der Waals surface area contributed by atoms with E-state index in [0.29, 0.717) is 16.3 Å². The van der Waals surface area contributed by atoms with Crippen LogP contribution in [0.2, 0.25) is 0 Å². The molecule has 7 nitrogen and oxygen atoms in total. The van der Waals surface area contributed by atoms with Gasteiger partial charge in [0.25, 0.3) is 5.91 Å². The fraction of sp³-hybridized carbons (Fsp3) is 0.333. The molecule has 0 saturated heterocycles. The van der Waals surface area contributed by atoms with E-state index in [4.69, 9.17) is 9.88 Å². The average Bonchev–Trinajstić information content (AvgIpc) is 2.87. The Morgan fingerprint density at radius 3 is 2.71 bits per heavy atom. The molecule has 1 aromatic carbocycles. The van der Waals surface area contributed by atoms with Crippen molar-refractivity contribution < 1.29 is 17.9 Å². The normalized spacial score (nSPS) is 11.3. The number of primary sulfonamides is 1. The number of nitrogens with zero attached hydrogens (tertiary/aromatic N) is 1. The lowest BCUT2D eigenvalue weighted by molar-refractivity contribution is 0.102. The zero-order valence-corrected chi connectivity index (χ0v) is 15.3. The van der Waals surface area contributed by atoms with Crippen LogP contribution in [0, 0.1) is 6.92 Å². The van der Waals surface area contributed by atoms with Gasteiger partial charge in [-0.1, -0.05) is 6.92 Å². The van der Waals surface area contributed by atoms with Gasteiger partial charge >= 0.3 is 0 Å². The second-order valence-electron chi connectivity index (χ2n) is 5.13. The molecule has 0 saturated carbocycles. The molecule has 24 heavy (non-hydrogen) atoms. The molecule has 1 amide bonds. The summed E-state index contributed by atoms with van der Waals surface area (Å²) in [6.45, 7) is 3.81. The number of anilines is 1. The minimum Gasteiger partial charge on any atom is -0.495 e. The van der Waals surface area contributed by atoms with Gasteiger partial charge in [-0.15, -0.1) is 11.3 Å². The monoisotopic (exact) mass is 369 g/mol. The fourth-order valence-corrected chi connectivity index (χ4v) is 3.73. The number of benzene rings is 1. The molecular formula is C15H19N3O4S2. The van der Waals surface area contributed by atoms with Gasteiger partial charge in [-0.05, 0) is 38.0 Å². The van der Waals surface area contributed by atoms with Crippen LogP contribution in [0.1, 0.15) is 33.7 Å². The molecule has 0 unspecified atom stereocenters. The van der Waals surface area contributed by atoms with Crippen LogP contribution in [0.4, 0.5) is 5.69 Å². The molecule has 0 bridgehead atoms. The molecule has 1 heterocycles. The van der Waals surface area contributed by atoms with Crippen LogP contribution < -0.4 is 15.2 Å². The summed E-state index contributed by atoms with van der Waals surface area (Å²) in [4.78, 5) is 17.3. The highest BCUT2D eigenvalue weighted by Crippen LogP contribution is 2.29. The van der Waals surface area contributed by atoms with E-state index in [2.05, 4.69) is 10.3 Å². The molecule has 0 aliphatic heterocycles. The predicted molar refractivity (Wildman–Crippen MR) is 93.2 cm³/mol.